The SMILES string of the molecule is COc1cc(C2CC(=O)Nc3nc(C)[nH]c(=O)c32)ccc1OCc1cccc(C)c1. The van der Waals surface area contributed by atoms with Gasteiger partial charge in [0.05, 0.1) is 12.7 Å². The van der Waals surface area contributed by atoms with Crippen molar-refractivity contribution in [1.82, 2.24) is 9.97 Å². The third-order valence-corrected chi connectivity index (χ3v) is 5.14. The van der Waals surface area contributed by atoms with Crippen LogP contribution in [0.2, 0.25) is 0 Å². The Labute approximate surface area is 174 Å². The monoisotopic (exact) mass is 405 g/mol. The molecule has 0 bridgehead atoms. The molecule has 2 aromatic carbocycles. The standard InChI is InChI=1S/C23H23N3O4/c1-13-5-4-6-15(9-13)12-30-18-8-7-16(10-19(18)29-3)17-11-20(27)26-22-21(17)23(28)25-14(2)24-22/h4-10,17H,11-12H2,1-3H3,(H2,24,25,26,27,28). The second-order valence-corrected chi connectivity index (χ2v) is 7.41. The molecule has 0 saturated carbocycles. The number of benzene rings is 2. The maximum absolute atomic E-state index is 12.6. The van der Waals surface area contributed by atoms with Crippen molar-refractivity contribution in [3.63, 3.8) is 0 Å². The lowest BCUT2D eigenvalue weighted by Gasteiger charge is -2.25. The Hall–Kier alpha value is -3.61. The molecule has 1 aliphatic heterocycles. The minimum absolute atomic E-state index is 0.160. The quantitative estimate of drug-likeness (QED) is 0.678. The Kier molecular flexibility index (Phi) is 5.27. The molecule has 0 saturated heterocycles. The average Bonchev–Trinajstić information content (AvgIpc) is 2.71. The lowest BCUT2D eigenvalue weighted by Crippen LogP contribution is -2.31. The van der Waals surface area contributed by atoms with Crippen LogP contribution >= 0.6 is 0 Å². The van der Waals surface area contributed by atoms with Crippen LogP contribution in [0.1, 0.15) is 40.4 Å². The summed E-state index contributed by atoms with van der Waals surface area (Å²) in [6.45, 7) is 4.13. The minimum Gasteiger partial charge on any atom is -0.493 e. The first-order chi connectivity index (χ1) is 14.4. The van der Waals surface area contributed by atoms with Gasteiger partial charge in [-0.15, -0.1) is 0 Å². The van der Waals surface area contributed by atoms with Crippen LogP contribution in [0.25, 0.3) is 0 Å². The maximum Gasteiger partial charge on any atom is 0.256 e. The fourth-order valence-corrected chi connectivity index (χ4v) is 3.75. The molecule has 2 heterocycles. The number of aromatic amines is 1. The van der Waals surface area contributed by atoms with Crippen LogP contribution < -0.4 is 20.3 Å². The second-order valence-electron chi connectivity index (χ2n) is 7.41. The highest BCUT2D eigenvalue weighted by atomic mass is 16.5. The lowest BCUT2D eigenvalue weighted by molar-refractivity contribution is -0.116. The zero-order chi connectivity index (χ0) is 21.3. The number of methoxy groups -OCH3 is 1. The molecule has 1 amide bonds. The molecule has 30 heavy (non-hydrogen) atoms. The van der Waals surface area contributed by atoms with Gasteiger partial charge in [0.2, 0.25) is 5.91 Å². The summed E-state index contributed by atoms with van der Waals surface area (Å²) in [6.07, 6.45) is 0.160. The van der Waals surface area contributed by atoms with Gasteiger partial charge in [0.1, 0.15) is 18.2 Å². The summed E-state index contributed by atoms with van der Waals surface area (Å²) >= 11 is 0. The van der Waals surface area contributed by atoms with E-state index in [1.165, 1.54) is 5.56 Å². The van der Waals surface area contributed by atoms with E-state index in [4.69, 9.17) is 9.47 Å². The minimum atomic E-state index is -0.412. The first kappa shape index (κ1) is 19.7. The van der Waals surface area contributed by atoms with Gasteiger partial charge in [-0.1, -0.05) is 35.9 Å². The number of aromatic nitrogens is 2. The molecule has 1 aliphatic rings. The summed E-state index contributed by atoms with van der Waals surface area (Å²) in [7, 11) is 1.57. The topological polar surface area (TPSA) is 93.3 Å². The third kappa shape index (κ3) is 3.91. The smallest absolute Gasteiger partial charge is 0.256 e. The number of H-pyrrole nitrogens is 1. The predicted octanol–water partition coefficient (Wildman–Crippen LogP) is 3.45. The molecule has 7 heteroatoms. The fourth-order valence-electron chi connectivity index (χ4n) is 3.75. The molecule has 154 valence electrons. The average molecular weight is 405 g/mol. The van der Waals surface area contributed by atoms with Crippen molar-refractivity contribution in [2.45, 2.75) is 32.8 Å². The Bertz CT molecular complexity index is 1170. The van der Waals surface area contributed by atoms with Crippen LogP contribution in [-0.4, -0.2) is 23.0 Å². The molecule has 0 radical (unpaired) electrons. The number of carbonyl (C=O) groups excluding carboxylic acids is 1. The van der Waals surface area contributed by atoms with Gasteiger partial charge in [0.15, 0.2) is 11.5 Å². The van der Waals surface area contributed by atoms with E-state index in [-0.39, 0.29) is 17.9 Å². The molecule has 1 aromatic heterocycles. The van der Waals surface area contributed by atoms with Crippen molar-refractivity contribution < 1.29 is 14.3 Å². The molecule has 1 atom stereocenters. The summed E-state index contributed by atoms with van der Waals surface area (Å²) < 4.78 is 11.5. The molecule has 0 spiro atoms. The first-order valence-electron chi connectivity index (χ1n) is 9.71. The van der Waals surface area contributed by atoms with E-state index in [9.17, 15) is 9.59 Å². The number of hydrogen-bond acceptors (Lipinski definition) is 5. The van der Waals surface area contributed by atoms with Gasteiger partial charge in [-0.25, -0.2) is 4.98 Å². The van der Waals surface area contributed by atoms with Crippen molar-refractivity contribution in [3.05, 3.63) is 80.9 Å². The molecule has 2 N–H and O–H groups in total. The van der Waals surface area contributed by atoms with Gasteiger partial charge in [-0.05, 0) is 37.1 Å². The molecule has 0 aliphatic carbocycles. The fraction of sp³-hybridized carbons (Fsp3) is 0.261. The second kappa shape index (κ2) is 8.02. The van der Waals surface area contributed by atoms with Crippen LogP contribution in [-0.2, 0) is 11.4 Å². The largest absolute Gasteiger partial charge is 0.493 e. The van der Waals surface area contributed by atoms with Crippen LogP contribution in [0.4, 0.5) is 5.82 Å². The Morgan fingerprint density at radius 3 is 2.70 bits per heavy atom. The van der Waals surface area contributed by atoms with Gasteiger partial charge in [-0.2, -0.15) is 0 Å². The highest BCUT2D eigenvalue weighted by molar-refractivity contribution is 5.94. The van der Waals surface area contributed by atoms with Crippen molar-refractivity contribution in [3.8, 4) is 11.5 Å². The molecule has 7 nitrogen and oxygen atoms in total. The predicted molar refractivity (Wildman–Crippen MR) is 113 cm³/mol. The highest BCUT2D eigenvalue weighted by Crippen LogP contribution is 2.38. The van der Waals surface area contributed by atoms with Crippen molar-refractivity contribution >= 4 is 11.7 Å². The van der Waals surface area contributed by atoms with E-state index in [0.717, 1.165) is 11.1 Å². The number of aryl methyl sites for hydroxylation is 2. The number of ether oxygens (including phenoxy) is 2. The Balaban J connectivity index is 1.65. The molecule has 3 aromatic rings. The van der Waals surface area contributed by atoms with E-state index >= 15 is 0 Å². The maximum atomic E-state index is 12.6. The van der Waals surface area contributed by atoms with Gasteiger partial charge < -0.3 is 19.8 Å². The van der Waals surface area contributed by atoms with Gasteiger partial charge in [0.25, 0.3) is 5.56 Å². The van der Waals surface area contributed by atoms with Crippen molar-refractivity contribution in [1.29, 1.82) is 0 Å². The third-order valence-electron chi connectivity index (χ3n) is 5.14. The summed E-state index contributed by atoms with van der Waals surface area (Å²) in [4.78, 5) is 31.8. The van der Waals surface area contributed by atoms with E-state index in [2.05, 4.69) is 21.4 Å². The Morgan fingerprint density at radius 1 is 1.10 bits per heavy atom. The summed E-state index contributed by atoms with van der Waals surface area (Å²) in [6, 6.07) is 13.6. The number of carbonyl (C=O) groups is 1. The van der Waals surface area contributed by atoms with E-state index in [0.29, 0.717) is 35.3 Å². The number of nitrogens with zero attached hydrogens (tertiary/aromatic N) is 1. The van der Waals surface area contributed by atoms with Crippen molar-refractivity contribution in [2.75, 3.05) is 12.4 Å². The Morgan fingerprint density at radius 2 is 1.93 bits per heavy atom. The van der Waals surface area contributed by atoms with Crippen LogP contribution in [0.3, 0.4) is 0 Å². The number of nitrogens with one attached hydrogen (secondary N) is 2. The van der Waals surface area contributed by atoms with Crippen LogP contribution in [0, 0.1) is 13.8 Å². The van der Waals surface area contributed by atoms with E-state index in [1.54, 1.807) is 14.0 Å². The zero-order valence-corrected chi connectivity index (χ0v) is 17.1. The summed E-state index contributed by atoms with van der Waals surface area (Å²) in [5.74, 6) is 1.32. The number of anilines is 1. The van der Waals surface area contributed by atoms with Gasteiger partial charge >= 0.3 is 0 Å². The number of fused-ring (bicyclic) bond motifs is 1. The first-order valence-corrected chi connectivity index (χ1v) is 9.71. The highest BCUT2D eigenvalue weighted by Gasteiger charge is 2.31. The molecule has 0 fully saturated rings. The van der Waals surface area contributed by atoms with Gasteiger partial charge in [0, 0.05) is 12.3 Å². The molecular weight excluding hydrogens is 382 g/mol. The molecule has 1 unspecified atom stereocenters. The number of amides is 1. The number of hydrogen-bond donors (Lipinski definition) is 2. The molecule has 4 rings (SSSR count). The van der Waals surface area contributed by atoms with Crippen molar-refractivity contribution in [2.24, 2.45) is 0 Å². The molecular formula is C23H23N3O4. The number of rotatable bonds is 5. The summed E-state index contributed by atoms with van der Waals surface area (Å²) in [5, 5.41) is 2.70. The van der Waals surface area contributed by atoms with Gasteiger partial charge in [-0.3, -0.25) is 9.59 Å². The normalized spacial score (nSPS) is 15.3. The lowest BCUT2D eigenvalue weighted by atomic mass is 9.86. The van der Waals surface area contributed by atoms with Crippen LogP contribution in [0.5, 0.6) is 11.5 Å². The summed E-state index contributed by atoms with van der Waals surface area (Å²) in [5.41, 5.74) is 3.23. The van der Waals surface area contributed by atoms with E-state index in [1.807, 2.05) is 43.3 Å². The van der Waals surface area contributed by atoms with E-state index < -0.39 is 5.92 Å². The zero-order valence-electron chi connectivity index (χ0n) is 17.1. The van der Waals surface area contributed by atoms with Crippen LogP contribution in [0.15, 0.2) is 47.3 Å².